The Morgan fingerprint density at radius 1 is 1.47 bits per heavy atom. The summed E-state index contributed by atoms with van der Waals surface area (Å²) in [6, 6.07) is 3.58. The maximum atomic E-state index is 11.5. The number of carbonyl (C=O) groups is 1. The van der Waals surface area contributed by atoms with Gasteiger partial charge in [-0.2, -0.15) is 8.42 Å². The Bertz CT molecular complexity index is 444. The van der Waals surface area contributed by atoms with Gasteiger partial charge in [0, 0.05) is 11.3 Å². The molecule has 0 aliphatic carbocycles. The van der Waals surface area contributed by atoms with E-state index in [-0.39, 0.29) is 24.4 Å². The number of rotatable bonds is 5. The normalized spacial score (nSPS) is 11.6. The molecule has 0 fully saturated rings. The predicted octanol–water partition coefficient (Wildman–Crippen LogP) is 1.91. The van der Waals surface area contributed by atoms with Crippen LogP contribution < -0.4 is 0 Å². The number of hydrogen-bond donors (Lipinski definition) is 1. The summed E-state index contributed by atoms with van der Waals surface area (Å²) in [5, 5.41) is 0. The van der Waals surface area contributed by atoms with E-state index < -0.39 is 10.1 Å². The van der Waals surface area contributed by atoms with Gasteiger partial charge >= 0.3 is 0 Å². The smallest absolute Gasteiger partial charge is 0.264 e. The molecular formula is C9H12O4S2. The third-order valence-corrected chi connectivity index (χ3v) is 3.67. The van der Waals surface area contributed by atoms with Gasteiger partial charge in [-0.15, -0.1) is 11.3 Å². The molecule has 6 heteroatoms. The molecule has 0 aliphatic rings. The average Bonchev–Trinajstić information content (AvgIpc) is 2.49. The molecule has 0 amide bonds. The van der Waals surface area contributed by atoms with Crippen molar-refractivity contribution in [2.75, 3.05) is 5.75 Å². The van der Waals surface area contributed by atoms with E-state index in [1.165, 1.54) is 11.3 Å². The highest BCUT2D eigenvalue weighted by atomic mass is 32.2. The molecule has 1 heterocycles. The van der Waals surface area contributed by atoms with Crippen molar-refractivity contribution in [2.24, 2.45) is 0 Å². The van der Waals surface area contributed by atoms with Crippen LogP contribution in [-0.2, 0) is 10.1 Å². The van der Waals surface area contributed by atoms with E-state index in [0.29, 0.717) is 4.88 Å². The zero-order valence-corrected chi connectivity index (χ0v) is 9.90. The van der Waals surface area contributed by atoms with Crippen molar-refractivity contribution in [1.29, 1.82) is 0 Å². The Kier molecular flexibility index (Phi) is 4.01. The van der Waals surface area contributed by atoms with Gasteiger partial charge in [0.05, 0.1) is 10.6 Å². The zero-order valence-electron chi connectivity index (χ0n) is 8.26. The summed E-state index contributed by atoms with van der Waals surface area (Å²) in [5.41, 5.74) is 0. The molecule has 15 heavy (non-hydrogen) atoms. The molecular weight excluding hydrogens is 236 g/mol. The number of ketones is 1. The summed E-state index contributed by atoms with van der Waals surface area (Å²) in [6.07, 6.45) is 0.314. The molecule has 0 saturated heterocycles. The van der Waals surface area contributed by atoms with E-state index in [4.69, 9.17) is 4.55 Å². The van der Waals surface area contributed by atoms with Gasteiger partial charge in [0.1, 0.15) is 0 Å². The van der Waals surface area contributed by atoms with Crippen molar-refractivity contribution in [3.05, 3.63) is 21.9 Å². The molecule has 0 atom stereocenters. The summed E-state index contributed by atoms with van der Waals surface area (Å²) in [6.45, 7) is 1.90. The standard InChI is InChI=1S/C9H12O4S2/c1-7-4-5-9(14-7)8(10)3-2-6-15(11,12)13/h4-5H,2-3,6H2,1H3,(H,11,12,13). The van der Waals surface area contributed by atoms with Crippen LogP contribution in [-0.4, -0.2) is 24.5 Å². The summed E-state index contributed by atoms with van der Waals surface area (Å²) in [5.74, 6) is -0.430. The highest BCUT2D eigenvalue weighted by Crippen LogP contribution is 2.17. The van der Waals surface area contributed by atoms with Crippen LogP contribution in [0.1, 0.15) is 27.4 Å². The fourth-order valence-corrected chi connectivity index (χ4v) is 2.47. The molecule has 0 unspecified atom stereocenters. The Morgan fingerprint density at radius 3 is 2.60 bits per heavy atom. The minimum absolute atomic E-state index is 0.0725. The second kappa shape index (κ2) is 4.87. The lowest BCUT2D eigenvalue weighted by molar-refractivity contribution is 0.0986. The van der Waals surface area contributed by atoms with Gasteiger partial charge in [-0.05, 0) is 25.5 Å². The molecule has 1 N–H and O–H groups in total. The van der Waals surface area contributed by atoms with Crippen LogP contribution in [0.25, 0.3) is 0 Å². The molecule has 0 aromatic carbocycles. The maximum absolute atomic E-state index is 11.5. The third-order valence-electron chi connectivity index (χ3n) is 1.82. The summed E-state index contributed by atoms with van der Waals surface area (Å²) in [7, 11) is -3.95. The minimum Gasteiger partial charge on any atom is -0.293 e. The molecule has 0 saturated carbocycles. The molecule has 84 valence electrons. The molecule has 1 aromatic rings. The number of hydrogen-bond acceptors (Lipinski definition) is 4. The monoisotopic (exact) mass is 248 g/mol. The Balaban J connectivity index is 2.44. The first-order chi connectivity index (χ1) is 6.88. The molecule has 4 nitrogen and oxygen atoms in total. The molecule has 1 aromatic heterocycles. The van der Waals surface area contributed by atoms with E-state index >= 15 is 0 Å². The summed E-state index contributed by atoms with van der Waals surface area (Å²) in [4.78, 5) is 13.2. The lowest BCUT2D eigenvalue weighted by Gasteiger charge is -1.96. The highest BCUT2D eigenvalue weighted by molar-refractivity contribution is 7.85. The maximum Gasteiger partial charge on any atom is 0.264 e. The first kappa shape index (κ1) is 12.4. The minimum atomic E-state index is -3.95. The van der Waals surface area contributed by atoms with Crippen molar-refractivity contribution in [1.82, 2.24) is 0 Å². The van der Waals surface area contributed by atoms with Gasteiger partial charge in [0.15, 0.2) is 5.78 Å². The fraction of sp³-hybridized carbons (Fsp3) is 0.444. The van der Waals surface area contributed by atoms with E-state index in [1.807, 2.05) is 13.0 Å². The van der Waals surface area contributed by atoms with Crippen molar-refractivity contribution < 1.29 is 17.8 Å². The van der Waals surface area contributed by atoms with Crippen LogP contribution in [0.5, 0.6) is 0 Å². The van der Waals surface area contributed by atoms with Crippen molar-refractivity contribution >= 4 is 27.2 Å². The van der Waals surface area contributed by atoms with Gasteiger partial charge in [0.25, 0.3) is 10.1 Å². The Labute approximate surface area is 92.7 Å². The lowest BCUT2D eigenvalue weighted by atomic mass is 10.2. The number of aryl methyl sites for hydroxylation is 1. The van der Waals surface area contributed by atoms with Gasteiger partial charge < -0.3 is 0 Å². The summed E-state index contributed by atoms with van der Waals surface area (Å²) >= 11 is 1.39. The second-order valence-corrected chi connectivity index (χ2v) is 6.08. The molecule has 1 rings (SSSR count). The topological polar surface area (TPSA) is 71.4 Å². The van der Waals surface area contributed by atoms with Gasteiger partial charge in [-0.1, -0.05) is 0 Å². The van der Waals surface area contributed by atoms with Crippen molar-refractivity contribution in [3.63, 3.8) is 0 Å². The lowest BCUT2D eigenvalue weighted by Crippen LogP contribution is -2.06. The largest absolute Gasteiger partial charge is 0.293 e. The van der Waals surface area contributed by atoms with Gasteiger partial charge in [-0.25, -0.2) is 0 Å². The van der Waals surface area contributed by atoms with Crippen LogP contribution in [0.2, 0.25) is 0 Å². The molecule has 0 bridgehead atoms. The van der Waals surface area contributed by atoms with Crippen LogP contribution in [0.4, 0.5) is 0 Å². The average molecular weight is 248 g/mol. The van der Waals surface area contributed by atoms with Gasteiger partial charge in [0.2, 0.25) is 0 Å². The van der Waals surface area contributed by atoms with E-state index in [2.05, 4.69) is 0 Å². The fourth-order valence-electron chi connectivity index (χ4n) is 1.12. The van der Waals surface area contributed by atoms with Gasteiger partial charge in [-0.3, -0.25) is 9.35 Å². The Morgan fingerprint density at radius 2 is 2.13 bits per heavy atom. The number of Topliss-reactive ketones (excluding diaryl/α,β-unsaturated/α-hetero) is 1. The van der Waals surface area contributed by atoms with Crippen LogP contribution >= 0.6 is 11.3 Å². The molecule has 0 aliphatic heterocycles. The van der Waals surface area contributed by atoms with E-state index in [9.17, 15) is 13.2 Å². The van der Waals surface area contributed by atoms with Crippen LogP contribution in [0.15, 0.2) is 12.1 Å². The predicted molar refractivity (Wildman–Crippen MR) is 59.0 cm³/mol. The van der Waals surface area contributed by atoms with Crippen molar-refractivity contribution in [2.45, 2.75) is 19.8 Å². The second-order valence-electron chi connectivity index (χ2n) is 3.22. The molecule has 0 spiro atoms. The SMILES string of the molecule is Cc1ccc(C(=O)CCCS(=O)(=O)O)s1. The Hall–Kier alpha value is -0.720. The quantitative estimate of drug-likeness (QED) is 0.638. The third kappa shape index (κ3) is 4.55. The van der Waals surface area contributed by atoms with E-state index in [1.54, 1.807) is 6.07 Å². The number of carbonyl (C=O) groups excluding carboxylic acids is 1. The first-order valence-electron chi connectivity index (χ1n) is 4.43. The molecule has 0 radical (unpaired) electrons. The van der Waals surface area contributed by atoms with Crippen molar-refractivity contribution in [3.8, 4) is 0 Å². The first-order valence-corrected chi connectivity index (χ1v) is 6.86. The summed E-state index contributed by atoms with van der Waals surface area (Å²) < 4.78 is 29.3. The number of thiophene rings is 1. The zero-order chi connectivity index (χ0) is 11.5. The van der Waals surface area contributed by atoms with E-state index in [0.717, 1.165) is 4.88 Å². The van der Waals surface area contributed by atoms with Crippen LogP contribution in [0, 0.1) is 6.92 Å². The highest BCUT2D eigenvalue weighted by Gasteiger charge is 2.10. The van der Waals surface area contributed by atoms with Crippen LogP contribution in [0.3, 0.4) is 0 Å².